The summed E-state index contributed by atoms with van der Waals surface area (Å²) < 4.78 is 1.87. The molecule has 5 heteroatoms. The first-order valence-corrected chi connectivity index (χ1v) is 9.88. The molecule has 0 aliphatic rings. The molecule has 0 aliphatic heterocycles. The van der Waals surface area contributed by atoms with E-state index in [1.54, 1.807) is 0 Å². The minimum absolute atomic E-state index is 0.00397. The molecule has 5 nitrogen and oxygen atoms in total. The minimum Gasteiger partial charge on any atom is -0.345 e. The highest BCUT2D eigenvalue weighted by Gasteiger charge is 2.14. The van der Waals surface area contributed by atoms with Crippen molar-refractivity contribution in [3.63, 3.8) is 0 Å². The zero-order chi connectivity index (χ0) is 20.2. The zero-order valence-corrected chi connectivity index (χ0v) is 16.7. The van der Waals surface area contributed by atoms with Crippen molar-refractivity contribution < 1.29 is 4.79 Å². The first-order chi connectivity index (χ1) is 14.1. The van der Waals surface area contributed by atoms with Crippen molar-refractivity contribution in [2.24, 2.45) is 0 Å². The largest absolute Gasteiger partial charge is 0.345 e. The van der Waals surface area contributed by atoms with Gasteiger partial charge in [0.2, 0.25) is 0 Å². The third-order valence-corrected chi connectivity index (χ3v) is 5.16. The molecule has 1 N–H and O–H groups in total. The Morgan fingerprint density at radius 3 is 2.45 bits per heavy atom. The lowest BCUT2D eigenvalue weighted by Crippen LogP contribution is -2.28. The summed E-state index contributed by atoms with van der Waals surface area (Å²) in [5, 5.41) is 11.6. The number of amides is 1. The summed E-state index contributed by atoms with van der Waals surface area (Å²) in [6.07, 6.45) is 0.840. The number of carbonyl (C=O) groups excluding carboxylic acids is 1. The van der Waals surface area contributed by atoms with Crippen LogP contribution < -0.4 is 5.32 Å². The normalized spacial score (nSPS) is 12.1. The monoisotopic (exact) mass is 384 g/mol. The van der Waals surface area contributed by atoms with E-state index < -0.39 is 0 Å². The van der Waals surface area contributed by atoms with Crippen molar-refractivity contribution in [3.8, 4) is 0 Å². The van der Waals surface area contributed by atoms with Gasteiger partial charge in [0.05, 0.1) is 18.1 Å². The summed E-state index contributed by atoms with van der Waals surface area (Å²) in [6.45, 7) is 4.76. The van der Waals surface area contributed by atoms with E-state index in [0.29, 0.717) is 12.1 Å². The van der Waals surface area contributed by atoms with Gasteiger partial charge in [0.25, 0.3) is 5.91 Å². The Morgan fingerprint density at radius 1 is 1.00 bits per heavy atom. The van der Waals surface area contributed by atoms with Crippen molar-refractivity contribution >= 4 is 16.9 Å². The lowest BCUT2D eigenvalue weighted by molar-refractivity contribution is 0.0935. The topological polar surface area (TPSA) is 59.8 Å². The summed E-state index contributed by atoms with van der Waals surface area (Å²) >= 11 is 0. The molecule has 1 atom stereocenters. The molecule has 4 aromatic rings. The van der Waals surface area contributed by atoms with Crippen LogP contribution in [0.3, 0.4) is 0 Å². The lowest BCUT2D eigenvalue weighted by Gasteiger charge is -2.18. The van der Waals surface area contributed by atoms with Gasteiger partial charge in [-0.1, -0.05) is 66.2 Å². The van der Waals surface area contributed by atoms with Gasteiger partial charge >= 0.3 is 0 Å². The number of rotatable bonds is 6. The summed E-state index contributed by atoms with van der Waals surface area (Å²) in [5.74, 6) is -0.0600. The molecule has 0 aliphatic carbocycles. The lowest BCUT2D eigenvalue weighted by atomic mass is 10.0. The first kappa shape index (κ1) is 18.9. The maximum Gasteiger partial charge on any atom is 0.251 e. The highest BCUT2D eigenvalue weighted by molar-refractivity contribution is 5.94. The van der Waals surface area contributed by atoms with Crippen LogP contribution in [-0.2, 0) is 6.54 Å². The molecule has 0 radical (unpaired) electrons. The van der Waals surface area contributed by atoms with Crippen LogP contribution in [0.4, 0.5) is 0 Å². The van der Waals surface area contributed by atoms with Crippen LogP contribution in [0, 0.1) is 6.92 Å². The smallest absolute Gasteiger partial charge is 0.251 e. The third kappa shape index (κ3) is 4.19. The average Bonchev–Trinajstić information content (AvgIpc) is 3.16. The number of hydrogen-bond acceptors (Lipinski definition) is 3. The molecule has 0 saturated carbocycles. The van der Waals surface area contributed by atoms with Gasteiger partial charge in [0.15, 0.2) is 0 Å². The van der Waals surface area contributed by atoms with Crippen molar-refractivity contribution in [1.82, 2.24) is 20.3 Å². The summed E-state index contributed by atoms with van der Waals surface area (Å²) in [6, 6.07) is 23.9. The second-order valence-corrected chi connectivity index (χ2v) is 7.28. The van der Waals surface area contributed by atoms with E-state index >= 15 is 0 Å². The van der Waals surface area contributed by atoms with E-state index in [2.05, 4.69) is 53.7 Å². The zero-order valence-electron chi connectivity index (χ0n) is 16.7. The van der Waals surface area contributed by atoms with Crippen LogP contribution in [0.5, 0.6) is 0 Å². The molecular formula is C24H24N4O. The Kier molecular flexibility index (Phi) is 5.38. The average molecular weight is 384 g/mol. The van der Waals surface area contributed by atoms with E-state index in [1.807, 2.05) is 53.2 Å². The molecule has 1 heterocycles. The van der Waals surface area contributed by atoms with Gasteiger partial charge in [-0.3, -0.25) is 4.79 Å². The van der Waals surface area contributed by atoms with Crippen molar-refractivity contribution in [1.29, 1.82) is 0 Å². The fourth-order valence-electron chi connectivity index (χ4n) is 3.43. The molecule has 0 unspecified atom stereocenters. The van der Waals surface area contributed by atoms with Gasteiger partial charge in [-0.15, -0.1) is 5.10 Å². The number of hydrogen-bond donors (Lipinski definition) is 1. The fourth-order valence-corrected chi connectivity index (χ4v) is 3.43. The SMILES string of the molecule is CC[C@@H](NC(=O)c1ccc(Cn2nnc3ccccc32)cc1)c1ccc(C)cc1. The summed E-state index contributed by atoms with van der Waals surface area (Å²) in [5.41, 5.74) is 5.95. The van der Waals surface area contributed by atoms with E-state index in [1.165, 1.54) is 5.56 Å². The number of fused-ring (bicyclic) bond motifs is 1. The first-order valence-electron chi connectivity index (χ1n) is 9.88. The maximum absolute atomic E-state index is 12.7. The van der Waals surface area contributed by atoms with Crippen molar-refractivity contribution in [3.05, 3.63) is 95.1 Å². The Balaban J connectivity index is 1.45. The molecule has 3 aromatic carbocycles. The molecular weight excluding hydrogens is 360 g/mol. The Labute approximate surface area is 170 Å². The highest BCUT2D eigenvalue weighted by Crippen LogP contribution is 2.18. The fraction of sp³-hybridized carbons (Fsp3) is 0.208. The maximum atomic E-state index is 12.7. The number of nitrogens with zero attached hydrogens (tertiary/aromatic N) is 3. The van der Waals surface area contributed by atoms with E-state index in [-0.39, 0.29) is 11.9 Å². The number of benzene rings is 3. The number of para-hydroxylation sites is 1. The van der Waals surface area contributed by atoms with Crippen LogP contribution in [0.2, 0.25) is 0 Å². The number of aryl methyl sites for hydroxylation is 1. The molecule has 1 amide bonds. The van der Waals surface area contributed by atoms with Crippen molar-refractivity contribution in [2.45, 2.75) is 32.9 Å². The van der Waals surface area contributed by atoms with Crippen LogP contribution in [-0.4, -0.2) is 20.9 Å². The second kappa shape index (κ2) is 8.27. The van der Waals surface area contributed by atoms with Crippen LogP contribution in [0.25, 0.3) is 11.0 Å². The third-order valence-electron chi connectivity index (χ3n) is 5.16. The Morgan fingerprint density at radius 2 is 1.72 bits per heavy atom. The number of carbonyl (C=O) groups is 1. The van der Waals surface area contributed by atoms with Gasteiger partial charge in [-0.2, -0.15) is 0 Å². The Bertz CT molecular complexity index is 1110. The van der Waals surface area contributed by atoms with Crippen LogP contribution in [0.15, 0.2) is 72.8 Å². The van der Waals surface area contributed by atoms with E-state index in [0.717, 1.165) is 28.6 Å². The van der Waals surface area contributed by atoms with Crippen LogP contribution >= 0.6 is 0 Å². The van der Waals surface area contributed by atoms with E-state index in [4.69, 9.17) is 0 Å². The predicted molar refractivity (Wildman–Crippen MR) is 115 cm³/mol. The number of nitrogens with one attached hydrogen (secondary N) is 1. The van der Waals surface area contributed by atoms with Gasteiger partial charge in [-0.05, 0) is 48.7 Å². The van der Waals surface area contributed by atoms with Crippen molar-refractivity contribution in [2.75, 3.05) is 0 Å². The molecule has 1 aromatic heterocycles. The molecule has 0 saturated heterocycles. The van der Waals surface area contributed by atoms with Crippen LogP contribution in [0.1, 0.15) is 46.4 Å². The van der Waals surface area contributed by atoms with Gasteiger partial charge in [-0.25, -0.2) is 4.68 Å². The van der Waals surface area contributed by atoms with E-state index in [9.17, 15) is 4.79 Å². The van der Waals surface area contributed by atoms with Gasteiger partial charge in [0.1, 0.15) is 5.52 Å². The molecule has 0 bridgehead atoms. The minimum atomic E-state index is -0.0600. The molecule has 146 valence electrons. The van der Waals surface area contributed by atoms with Gasteiger partial charge in [0, 0.05) is 5.56 Å². The number of aromatic nitrogens is 3. The molecule has 4 rings (SSSR count). The quantitative estimate of drug-likeness (QED) is 0.525. The molecule has 29 heavy (non-hydrogen) atoms. The molecule has 0 fully saturated rings. The highest BCUT2D eigenvalue weighted by atomic mass is 16.1. The summed E-state index contributed by atoms with van der Waals surface area (Å²) in [4.78, 5) is 12.7. The van der Waals surface area contributed by atoms with Gasteiger partial charge < -0.3 is 5.32 Å². The standard InChI is InChI=1S/C24H24N4O/c1-3-21(19-12-8-17(2)9-13-19)25-24(29)20-14-10-18(11-15-20)16-28-23-7-5-4-6-22(23)26-27-28/h4-15,21H,3,16H2,1-2H3,(H,25,29)/t21-/m1/s1. The predicted octanol–water partition coefficient (Wildman–Crippen LogP) is 4.67. The summed E-state index contributed by atoms with van der Waals surface area (Å²) in [7, 11) is 0. The second-order valence-electron chi connectivity index (χ2n) is 7.28. The Hall–Kier alpha value is -3.47. The molecule has 0 spiro atoms.